The normalized spacial score (nSPS) is 14.2. The summed E-state index contributed by atoms with van der Waals surface area (Å²) in [6.07, 6.45) is -1.35. The lowest BCUT2D eigenvalue weighted by Crippen LogP contribution is -2.44. The number of rotatable bonds is 9. The van der Waals surface area contributed by atoms with E-state index in [0.29, 0.717) is 52.4 Å². The highest BCUT2D eigenvalue weighted by molar-refractivity contribution is 7.88. The molecule has 11 nitrogen and oxygen atoms in total. The number of halogens is 3. The largest absolute Gasteiger partial charge is 0.493 e. The number of aromatic nitrogens is 1. The van der Waals surface area contributed by atoms with E-state index in [9.17, 15) is 26.4 Å². The SMILES string of the molecule is COc1cc2nccc(Oc3cccc(NC(=O)Nc4ccc(N5CCC(NS(C)(=O)=O)CC5)c(C(F)(F)F)c4)c3)c2cc1OC. The molecule has 0 spiro atoms. The average Bonchev–Trinajstić information content (AvgIpc) is 3.00. The monoisotopic (exact) mass is 659 g/mol. The third kappa shape index (κ3) is 7.90. The zero-order valence-electron chi connectivity index (χ0n) is 25.1. The van der Waals surface area contributed by atoms with E-state index in [0.717, 1.165) is 12.3 Å². The third-order valence-corrected chi connectivity index (χ3v) is 8.06. The van der Waals surface area contributed by atoms with Crippen molar-refractivity contribution in [2.24, 2.45) is 0 Å². The maximum atomic E-state index is 14.1. The number of pyridine rings is 1. The molecule has 1 saturated heterocycles. The van der Waals surface area contributed by atoms with Crippen molar-refractivity contribution in [1.82, 2.24) is 9.71 Å². The summed E-state index contributed by atoms with van der Waals surface area (Å²) in [5, 5.41) is 5.74. The van der Waals surface area contributed by atoms with Crippen LogP contribution in [0.25, 0.3) is 10.9 Å². The fourth-order valence-electron chi connectivity index (χ4n) is 5.25. The Bertz CT molecular complexity index is 1850. The highest BCUT2D eigenvalue weighted by Crippen LogP contribution is 2.40. The summed E-state index contributed by atoms with van der Waals surface area (Å²) in [4.78, 5) is 18.7. The van der Waals surface area contributed by atoms with Crippen molar-refractivity contribution < 1.29 is 40.6 Å². The molecular weight excluding hydrogens is 627 g/mol. The molecule has 0 saturated carbocycles. The number of methoxy groups -OCH3 is 2. The quantitative estimate of drug-likeness (QED) is 0.193. The molecule has 2 amide bonds. The molecule has 1 aliphatic rings. The number of fused-ring (bicyclic) bond motifs is 1. The molecular formula is C31H32F3N5O6S. The van der Waals surface area contributed by atoms with Gasteiger partial charge in [0.25, 0.3) is 0 Å². The zero-order chi connectivity index (χ0) is 33.1. The molecule has 244 valence electrons. The summed E-state index contributed by atoms with van der Waals surface area (Å²) in [6, 6.07) is 14.1. The Balaban J connectivity index is 1.28. The minimum Gasteiger partial charge on any atom is -0.493 e. The molecule has 1 aliphatic heterocycles. The van der Waals surface area contributed by atoms with Gasteiger partial charge in [0, 0.05) is 59.9 Å². The van der Waals surface area contributed by atoms with Gasteiger partial charge in [0.15, 0.2) is 11.5 Å². The second-order valence-electron chi connectivity index (χ2n) is 10.6. The summed E-state index contributed by atoms with van der Waals surface area (Å²) in [7, 11) is -0.374. The van der Waals surface area contributed by atoms with Crippen LogP contribution in [0.2, 0.25) is 0 Å². The maximum absolute atomic E-state index is 14.1. The number of ether oxygens (including phenoxy) is 3. The Hall–Kier alpha value is -4.76. The molecule has 0 radical (unpaired) electrons. The summed E-state index contributed by atoms with van der Waals surface area (Å²) in [6.45, 7) is 0.470. The van der Waals surface area contributed by atoms with E-state index in [1.165, 1.54) is 26.4 Å². The van der Waals surface area contributed by atoms with Crippen LogP contribution in [0.4, 0.5) is 35.0 Å². The summed E-state index contributed by atoms with van der Waals surface area (Å²) >= 11 is 0. The fourth-order valence-corrected chi connectivity index (χ4v) is 6.09. The van der Waals surface area contributed by atoms with Gasteiger partial charge in [-0.3, -0.25) is 4.98 Å². The number of carbonyl (C=O) groups excluding carboxylic acids is 1. The van der Waals surface area contributed by atoms with Crippen molar-refractivity contribution in [3.63, 3.8) is 0 Å². The van der Waals surface area contributed by atoms with Crippen molar-refractivity contribution in [2.75, 3.05) is 49.1 Å². The van der Waals surface area contributed by atoms with E-state index >= 15 is 0 Å². The van der Waals surface area contributed by atoms with Gasteiger partial charge in [-0.2, -0.15) is 13.2 Å². The molecule has 0 aliphatic carbocycles. The first-order valence-electron chi connectivity index (χ1n) is 14.1. The van der Waals surface area contributed by atoms with Gasteiger partial charge in [-0.25, -0.2) is 17.9 Å². The minimum atomic E-state index is -4.69. The Morgan fingerprint density at radius 3 is 2.24 bits per heavy atom. The number of sulfonamides is 1. The number of piperidine rings is 1. The summed E-state index contributed by atoms with van der Waals surface area (Å²) in [5.41, 5.74) is -0.0514. The first-order chi connectivity index (χ1) is 21.8. The zero-order valence-corrected chi connectivity index (χ0v) is 26.0. The lowest BCUT2D eigenvalue weighted by molar-refractivity contribution is -0.137. The van der Waals surface area contributed by atoms with Gasteiger partial charge in [0.2, 0.25) is 10.0 Å². The van der Waals surface area contributed by atoms with E-state index in [4.69, 9.17) is 14.2 Å². The van der Waals surface area contributed by atoms with Gasteiger partial charge in [0.05, 0.1) is 31.6 Å². The molecule has 3 aromatic carbocycles. The maximum Gasteiger partial charge on any atom is 0.418 e. The first kappa shape index (κ1) is 32.6. The minimum absolute atomic E-state index is 0.0409. The van der Waals surface area contributed by atoms with Crippen LogP contribution >= 0.6 is 0 Å². The van der Waals surface area contributed by atoms with Crippen molar-refractivity contribution in [1.29, 1.82) is 0 Å². The molecule has 15 heteroatoms. The topological polar surface area (TPSA) is 131 Å². The van der Waals surface area contributed by atoms with Gasteiger partial charge < -0.3 is 29.7 Å². The predicted octanol–water partition coefficient (Wildman–Crippen LogP) is 6.23. The second-order valence-corrected chi connectivity index (χ2v) is 12.4. The molecule has 3 N–H and O–H groups in total. The van der Waals surface area contributed by atoms with E-state index in [2.05, 4.69) is 20.3 Å². The van der Waals surface area contributed by atoms with Gasteiger partial charge in [-0.15, -0.1) is 0 Å². The Morgan fingerprint density at radius 2 is 1.59 bits per heavy atom. The fraction of sp³-hybridized carbons (Fsp3) is 0.290. The van der Waals surface area contributed by atoms with E-state index < -0.39 is 27.8 Å². The lowest BCUT2D eigenvalue weighted by atomic mass is 10.0. The molecule has 4 aromatic rings. The molecule has 5 rings (SSSR count). The Labute approximate surface area is 263 Å². The number of benzene rings is 3. The van der Waals surface area contributed by atoms with Crippen LogP contribution in [0.3, 0.4) is 0 Å². The highest BCUT2D eigenvalue weighted by atomic mass is 32.2. The number of urea groups is 1. The number of carbonyl (C=O) groups is 1. The Kier molecular flexibility index (Phi) is 9.44. The number of hydrogen-bond donors (Lipinski definition) is 3. The number of nitrogens with one attached hydrogen (secondary N) is 3. The third-order valence-electron chi connectivity index (χ3n) is 7.30. The molecule has 0 atom stereocenters. The van der Waals surface area contributed by atoms with Crippen LogP contribution in [-0.2, 0) is 16.2 Å². The highest BCUT2D eigenvalue weighted by Gasteiger charge is 2.36. The second kappa shape index (κ2) is 13.3. The summed E-state index contributed by atoms with van der Waals surface area (Å²) in [5.74, 6) is 1.87. The lowest BCUT2D eigenvalue weighted by Gasteiger charge is -2.35. The van der Waals surface area contributed by atoms with Crippen LogP contribution in [0.1, 0.15) is 18.4 Å². The number of anilines is 3. The first-order valence-corrected chi connectivity index (χ1v) is 16.0. The smallest absolute Gasteiger partial charge is 0.418 e. The number of hydrogen-bond acceptors (Lipinski definition) is 8. The molecule has 1 aromatic heterocycles. The van der Waals surface area contributed by atoms with Gasteiger partial charge in [-0.1, -0.05) is 6.07 Å². The molecule has 0 bridgehead atoms. The van der Waals surface area contributed by atoms with Crippen LogP contribution in [0.5, 0.6) is 23.0 Å². The van der Waals surface area contributed by atoms with Crippen molar-refractivity contribution in [3.8, 4) is 23.0 Å². The summed E-state index contributed by atoms with van der Waals surface area (Å²) < 4.78 is 84.6. The van der Waals surface area contributed by atoms with Gasteiger partial charge in [0.1, 0.15) is 11.5 Å². The molecule has 0 unspecified atom stereocenters. The van der Waals surface area contributed by atoms with Crippen LogP contribution in [0, 0.1) is 0 Å². The van der Waals surface area contributed by atoms with Crippen molar-refractivity contribution in [3.05, 3.63) is 72.4 Å². The average molecular weight is 660 g/mol. The van der Waals surface area contributed by atoms with Crippen LogP contribution in [0.15, 0.2) is 66.9 Å². The van der Waals surface area contributed by atoms with E-state index in [1.54, 1.807) is 53.6 Å². The Morgan fingerprint density at radius 1 is 0.913 bits per heavy atom. The molecule has 46 heavy (non-hydrogen) atoms. The standard InChI is InChI=1S/C31H32F3N5O6S/c1-43-28-17-23-25(18-29(28)44-2)35-12-9-27(23)45-22-6-4-5-20(15-22)36-30(40)37-21-7-8-26(24(16-21)31(32,33)34)39-13-10-19(11-14-39)38-46(3,41)42/h4-9,12,15-19,38H,10-11,13-14H2,1-3H3,(H2,36,37,40). The number of alkyl halides is 3. The molecule has 1 fully saturated rings. The van der Waals surface area contributed by atoms with Crippen LogP contribution in [-0.4, -0.2) is 59.0 Å². The van der Waals surface area contributed by atoms with E-state index in [-0.39, 0.29) is 30.5 Å². The molecule has 2 heterocycles. The predicted molar refractivity (Wildman–Crippen MR) is 169 cm³/mol. The van der Waals surface area contributed by atoms with Crippen molar-refractivity contribution >= 4 is 44.0 Å². The van der Waals surface area contributed by atoms with E-state index in [1.807, 2.05) is 0 Å². The number of amides is 2. The van der Waals surface area contributed by atoms with Gasteiger partial charge >= 0.3 is 12.2 Å². The number of nitrogens with zero attached hydrogens (tertiary/aromatic N) is 2. The van der Waals surface area contributed by atoms with Crippen LogP contribution < -0.4 is 34.5 Å². The van der Waals surface area contributed by atoms with Crippen molar-refractivity contribution in [2.45, 2.75) is 25.1 Å². The van der Waals surface area contributed by atoms with Gasteiger partial charge in [-0.05, 0) is 55.3 Å².